The molecule has 5 N–H and O–H groups in total. The van der Waals surface area contributed by atoms with Crippen LogP contribution < -0.4 is 16.2 Å². The minimum Gasteiger partial charge on any atom is -0.327 e. The minimum absolute atomic E-state index is 0.00471. The summed E-state index contributed by atoms with van der Waals surface area (Å²) in [5, 5.41) is 7.71. The highest BCUT2D eigenvalue weighted by molar-refractivity contribution is 7.89. The summed E-state index contributed by atoms with van der Waals surface area (Å²) in [6, 6.07) is 4.36. The van der Waals surface area contributed by atoms with Crippen LogP contribution in [-0.2, 0) is 14.8 Å². The fourth-order valence-corrected chi connectivity index (χ4v) is 2.39. The van der Waals surface area contributed by atoms with Gasteiger partial charge in [0.1, 0.15) is 0 Å². The standard InChI is InChI=1S/C12H19N3O3S/c1-3-9(13)6-12(16)15-10-5-4-8(2)11(7-10)19(14,17)18/h4-5,7,9H,3,6,13H2,1-2H3,(H,15,16)(H2,14,17,18). The van der Waals surface area contributed by atoms with E-state index in [0.717, 1.165) is 0 Å². The average molecular weight is 285 g/mol. The van der Waals surface area contributed by atoms with E-state index in [1.54, 1.807) is 19.1 Å². The van der Waals surface area contributed by atoms with Crippen LogP contribution in [0.15, 0.2) is 23.1 Å². The molecule has 0 heterocycles. The summed E-state index contributed by atoms with van der Waals surface area (Å²) in [4.78, 5) is 11.7. The van der Waals surface area contributed by atoms with E-state index in [9.17, 15) is 13.2 Å². The van der Waals surface area contributed by atoms with E-state index < -0.39 is 10.0 Å². The molecule has 1 atom stereocenters. The van der Waals surface area contributed by atoms with Crippen LogP contribution in [-0.4, -0.2) is 20.4 Å². The number of nitrogens with one attached hydrogen (secondary N) is 1. The number of anilines is 1. The van der Waals surface area contributed by atoms with Gasteiger partial charge in [0.25, 0.3) is 0 Å². The summed E-state index contributed by atoms with van der Waals surface area (Å²) in [6.45, 7) is 3.53. The van der Waals surface area contributed by atoms with Gasteiger partial charge < -0.3 is 11.1 Å². The minimum atomic E-state index is -3.80. The van der Waals surface area contributed by atoms with Gasteiger partial charge in [-0.05, 0) is 31.0 Å². The molecule has 0 aliphatic heterocycles. The Bertz CT molecular complexity index is 570. The largest absolute Gasteiger partial charge is 0.327 e. The van der Waals surface area contributed by atoms with Crippen molar-refractivity contribution in [2.24, 2.45) is 10.9 Å². The number of hydrogen-bond acceptors (Lipinski definition) is 4. The Morgan fingerprint density at radius 3 is 2.58 bits per heavy atom. The normalized spacial score (nSPS) is 13.1. The maximum atomic E-state index is 11.7. The lowest BCUT2D eigenvalue weighted by molar-refractivity contribution is -0.116. The molecule has 19 heavy (non-hydrogen) atoms. The van der Waals surface area contributed by atoms with Gasteiger partial charge in [0, 0.05) is 18.2 Å². The van der Waals surface area contributed by atoms with E-state index in [1.165, 1.54) is 6.07 Å². The second-order valence-electron chi connectivity index (χ2n) is 4.45. The fourth-order valence-electron chi connectivity index (χ4n) is 1.58. The van der Waals surface area contributed by atoms with Crippen molar-refractivity contribution in [2.75, 3.05) is 5.32 Å². The number of aryl methyl sites for hydroxylation is 1. The van der Waals surface area contributed by atoms with Gasteiger partial charge in [-0.3, -0.25) is 4.79 Å². The van der Waals surface area contributed by atoms with E-state index in [1.807, 2.05) is 6.92 Å². The quantitative estimate of drug-likeness (QED) is 0.738. The molecule has 1 aromatic rings. The van der Waals surface area contributed by atoms with Crippen molar-refractivity contribution in [1.82, 2.24) is 0 Å². The Morgan fingerprint density at radius 2 is 2.05 bits per heavy atom. The van der Waals surface area contributed by atoms with Gasteiger partial charge in [-0.2, -0.15) is 0 Å². The second kappa shape index (κ2) is 6.14. The van der Waals surface area contributed by atoms with Crippen molar-refractivity contribution in [1.29, 1.82) is 0 Å². The lowest BCUT2D eigenvalue weighted by atomic mass is 10.1. The van der Waals surface area contributed by atoms with E-state index in [2.05, 4.69) is 5.32 Å². The third-order valence-corrected chi connectivity index (χ3v) is 3.80. The molecular formula is C12H19N3O3S. The molecule has 0 aromatic heterocycles. The van der Waals surface area contributed by atoms with Crippen LogP contribution in [0, 0.1) is 6.92 Å². The van der Waals surface area contributed by atoms with Crippen molar-refractivity contribution >= 4 is 21.6 Å². The van der Waals surface area contributed by atoms with Crippen LogP contribution in [0.3, 0.4) is 0 Å². The molecule has 0 saturated carbocycles. The lowest BCUT2D eigenvalue weighted by Gasteiger charge is -2.11. The van der Waals surface area contributed by atoms with Crippen molar-refractivity contribution in [3.63, 3.8) is 0 Å². The highest BCUT2D eigenvalue weighted by Crippen LogP contribution is 2.19. The smallest absolute Gasteiger partial charge is 0.238 e. The zero-order valence-electron chi connectivity index (χ0n) is 11.0. The van der Waals surface area contributed by atoms with Crippen LogP contribution in [0.25, 0.3) is 0 Å². The van der Waals surface area contributed by atoms with Gasteiger partial charge in [-0.15, -0.1) is 0 Å². The number of hydrogen-bond donors (Lipinski definition) is 3. The first-order valence-electron chi connectivity index (χ1n) is 5.93. The topological polar surface area (TPSA) is 115 Å². The molecular weight excluding hydrogens is 266 g/mol. The van der Waals surface area contributed by atoms with E-state index in [0.29, 0.717) is 17.7 Å². The van der Waals surface area contributed by atoms with Gasteiger partial charge in [0.15, 0.2) is 0 Å². The summed E-state index contributed by atoms with van der Waals surface area (Å²) in [5.41, 5.74) is 6.60. The lowest BCUT2D eigenvalue weighted by Crippen LogP contribution is -2.26. The first-order chi connectivity index (χ1) is 8.74. The summed E-state index contributed by atoms with van der Waals surface area (Å²) in [6.07, 6.45) is 0.888. The second-order valence-corrected chi connectivity index (χ2v) is 5.98. The molecule has 0 spiro atoms. The molecule has 1 amide bonds. The molecule has 7 heteroatoms. The van der Waals surface area contributed by atoms with Crippen LogP contribution >= 0.6 is 0 Å². The number of primary sulfonamides is 1. The Hall–Kier alpha value is -1.44. The molecule has 1 unspecified atom stereocenters. The first kappa shape index (κ1) is 15.6. The van der Waals surface area contributed by atoms with Crippen molar-refractivity contribution < 1.29 is 13.2 Å². The Kier molecular flexibility index (Phi) is 5.04. The zero-order chi connectivity index (χ0) is 14.6. The predicted molar refractivity (Wildman–Crippen MR) is 74.1 cm³/mol. The molecule has 0 radical (unpaired) electrons. The van der Waals surface area contributed by atoms with Crippen LogP contribution in [0.1, 0.15) is 25.3 Å². The van der Waals surface area contributed by atoms with Gasteiger partial charge in [-0.1, -0.05) is 13.0 Å². The van der Waals surface area contributed by atoms with Crippen molar-refractivity contribution in [3.05, 3.63) is 23.8 Å². The molecule has 0 aliphatic rings. The number of carbonyl (C=O) groups excluding carboxylic acids is 1. The third kappa shape index (κ3) is 4.62. The Balaban J connectivity index is 2.89. The molecule has 6 nitrogen and oxygen atoms in total. The molecule has 1 rings (SSSR count). The third-order valence-electron chi connectivity index (χ3n) is 2.75. The average Bonchev–Trinajstić information content (AvgIpc) is 2.29. The van der Waals surface area contributed by atoms with Crippen molar-refractivity contribution in [2.45, 2.75) is 37.6 Å². The molecule has 0 bridgehead atoms. The maximum Gasteiger partial charge on any atom is 0.238 e. The Labute approximate surface area is 113 Å². The van der Waals surface area contributed by atoms with E-state index >= 15 is 0 Å². The molecule has 106 valence electrons. The monoisotopic (exact) mass is 285 g/mol. The molecule has 0 fully saturated rings. The van der Waals surface area contributed by atoms with Crippen LogP contribution in [0.4, 0.5) is 5.69 Å². The molecule has 0 saturated heterocycles. The fraction of sp³-hybridized carbons (Fsp3) is 0.417. The van der Waals surface area contributed by atoms with Gasteiger partial charge in [-0.25, -0.2) is 13.6 Å². The number of rotatable bonds is 5. The predicted octanol–water partition coefficient (Wildman–Crippen LogP) is 0.708. The summed E-state index contributed by atoms with van der Waals surface area (Å²) < 4.78 is 22.7. The summed E-state index contributed by atoms with van der Waals surface area (Å²) in [5.74, 6) is -0.251. The van der Waals surface area contributed by atoms with Crippen molar-refractivity contribution in [3.8, 4) is 0 Å². The van der Waals surface area contributed by atoms with Crippen LogP contribution in [0.5, 0.6) is 0 Å². The van der Waals surface area contributed by atoms with Crippen LogP contribution in [0.2, 0.25) is 0 Å². The van der Waals surface area contributed by atoms with Gasteiger partial charge >= 0.3 is 0 Å². The SMILES string of the molecule is CCC(N)CC(=O)Nc1ccc(C)c(S(N)(=O)=O)c1. The highest BCUT2D eigenvalue weighted by atomic mass is 32.2. The number of nitrogens with two attached hydrogens (primary N) is 2. The number of carbonyl (C=O) groups is 1. The zero-order valence-corrected chi connectivity index (χ0v) is 11.8. The van der Waals surface area contributed by atoms with Gasteiger partial charge in [0.2, 0.25) is 15.9 Å². The number of amides is 1. The highest BCUT2D eigenvalue weighted by Gasteiger charge is 2.14. The maximum absolute atomic E-state index is 11.7. The number of sulfonamides is 1. The Morgan fingerprint density at radius 1 is 1.42 bits per heavy atom. The van der Waals surface area contributed by atoms with Gasteiger partial charge in [0.05, 0.1) is 4.90 Å². The number of benzene rings is 1. The van der Waals surface area contributed by atoms with E-state index in [4.69, 9.17) is 10.9 Å². The summed E-state index contributed by atoms with van der Waals surface area (Å²) in [7, 11) is -3.80. The molecule has 0 aliphatic carbocycles. The molecule has 1 aromatic carbocycles. The van der Waals surface area contributed by atoms with E-state index in [-0.39, 0.29) is 23.3 Å². The summed E-state index contributed by atoms with van der Waals surface area (Å²) >= 11 is 0. The first-order valence-corrected chi connectivity index (χ1v) is 7.47.